The predicted molar refractivity (Wildman–Crippen MR) is 85.6 cm³/mol. The first kappa shape index (κ1) is 17.0. The maximum Gasteiger partial charge on any atom is 0.230 e. The third-order valence-electron chi connectivity index (χ3n) is 3.34. The lowest BCUT2D eigenvalue weighted by atomic mass is 10.1. The standard InChI is InChI=1S/C17H10ClF3N2O2/c18-10-3-1-9(2-4-10)14-7-11(23-25-14)8-15(24)22-13-6-5-12(19)16(20)17(13)21/h1-7H,8H2,(H,22,24). The zero-order chi connectivity index (χ0) is 18.0. The van der Waals surface area contributed by atoms with E-state index in [1.807, 2.05) is 0 Å². The Labute approximate surface area is 145 Å². The Kier molecular flexibility index (Phi) is 4.76. The van der Waals surface area contributed by atoms with Crippen LogP contribution in [0.1, 0.15) is 5.69 Å². The van der Waals surface area contributed by atoms with Crippen molar-refractivity contribution in [2.75, 3.05) is 5.32 Å². The van der Waals surface area contributed by atoms with Crippen molar-refractivity contribution in [3.8, 4) is 11.3 Å². The molecule has 2 aromatic carbocycles. The summed E-state index contributed by atoms with van der Waals surface area (Å²) in [5, 5.41) is 6.48. The van der Waals surface area contributed by atoms with Crippen LogP contribution in [0.3, 0.4) is 0 Å². The number of hydrogen-bond acceptors (Lipinski definition) is 3. The Balaban J connectivity index is 1.70. The normalized spacial score (nSPS) is 10.7. The summed E-state index contributed by atoms with van der Waals surface area (Å²) >= 11 is 5.80. The summed E-state index contributed by atoms with van der Waals surface area (Å²) in [6, 6.07) is 10.0. The molecule has 4 nitrogen and oxygen atoms in total. The van der Waals surface area contributed by atoms with E-state index >= 15 is 0 Å². The van der Waals surface area contributed by atoms with Crippen LogP contribution in [0.15, 0.2) is 47.0 Å². The first-order chi connectivity index (χ1) is 11.9. The minimum absolute atomic E-state index is 0.227. The Bertz CT molecular complexity index is 926. The number of benzene rings is 2. The van der Waals surface area contributed by atoms with Crippen molar-refractivity contribution < 1.29 is 22.5 Å². The molecule has 8 heteroatoms. The molecule has 0 unspecified atom stereocenters. The number of rotatable bonds is 4. The van der Waals surface area contributed by atoms with Crippen LogP contribution in [0.25, 0.3) is 11.3 Å². The van der Waals surface area contributed by atoms with Crippen molar-refractivity contribution in [1.82, 2.24) is 5.16 Å². The summed E-state index contributed by atoms with van der Waals surface area (Å²) in [4.78, 5) is 11.9. The lowest BCUT2D eigenvalue weighted by Crippen LogP contribution is -2.16. The van der Waals surface area contributed by atoms with E-state index in [-0.39, 0.29) is 6.42 Å². The lowest BCUT2D eigenvalue weighted by molar-refractivity contribution is -0.115. The molecule has 0 saturated heterocycles. The van der Waals surface area contributed by atoms with Gasteiger partial charge in [0, 0.05) is 16.7 Å². The molecule has 1 aromatic heterocycles. The predicted octanol–water partition coefficient (Wildman–Crippen LogP) is 4.59. The number of aromatic nitrogens is 1. The van der Waals surface area contributed by atoms with Crippen molar-refractivity contribution in [1.29, 1.82) is 0 Å². The largest absolute Gasteiger partial charge is 0.356 e. The van der Waals surface area contributed by atoms with E-state index < -0.39 is 29.0 Å². The highest BCUT2D eigenvalue weighted by Gasteiger charge is 2.16. The second-order valence-electron chi connectivity index (χ2n) is 5.14. The Morgan fingerprint density at radius 2 is 1.80 bits per heavy atom. The third-order valence-corrected chi connectivity index (χ3v) is 3.59. The van der Waals surface area contributed by atoms with Gasteiger partial charge in [-0.25, -0.2) is 13.2 Å². The number of amides is 1. The summed E-state index contributed by atoms with van der Waals surface area (Å²) < 4.78 is 44.7. The van der Waals surface area contributed by atoms with Crippen molar-refractivity contribution in [2.24, 2.45) is 0 Å². The average Bonchev–Trinajstić information content (AvgIpc) is 3.04. The van der Waals surface area contributed by atoms with Crippen molar-refractivity contribution in [3.05, 3.63) is 70.6 Å². The van der Waals surface area contributed by atoms with Crippen LogP contribution in [0, 0.1) is 17.5 Å². The van der Waals surface area contributed by atoms with E-state index in [1.54, 1.807) is 30.3 Å². The number of halogens is 4. The number of carbonyl (C=O) groups excluding carboxylic acids is 1. The highest BCUT2D eigenvalue weighted by molar-refractivity contribution is 6.30. The van der Waals surface area contributed by atoms with Crippen LogP contribution in [0.5, 0.6) is 0 Å². The fourth-order valence-electron chi connectivity index (χ4n) is 2.13. The maximum absolute atomic E-state index is 13.5. The van der Waals surface area contributed by atoms with Gasteiger partial charge in [0.15, 0.2) is 23.2 Å². The highest BCUT2D eigenvalue weighted by Crippen LogP contribution is 2.23. The molecule has 3 rings (SSSR count). The van der Waals surface area contributed by atoms with Crippen molar-refractivity contribution in [2.45, 2.75) is 6.42 Å². The number of carbonyl (C=O) groups is 1. The molecule has 0 fully saturated rings. The topological polar surface area (TPSA) is 55.1 Å². The monoisotopic (exact) mass is 366 g/mol. The van der Waals surface area contributed by atoms with Crippen LogP contribution < -0.4 is 5.32 Å². The molecule has 25 heavy (non-hydrogen) atoms. The molecule has 0 bridgehead atoms. The number of anilines is 1. The second kappa shape index (κ2) is 6.98. The molecule has 0 spiro atoms. The van der Waals surface area contributed by atoms with Crippen LogP contribution in [0.2, 0.25) is 5.02 Å². The van der Waals surface area contributed by atoms with Gasteiger partial charge in [-0.1, -0.05) is 16.8 Å². The third kappa shape index (κ3) is 3.83. The van der Waals surface area contributed by atoms with Gasteiger partial charge in [0.25, 0.3) is 0 Å². The van der Waals surface area contributed by atoms with Crippen LogP contribution >= 0.6 is 11.6 Å². The first-order valence-corrected chi connectivity index (χ1v) is 7.46. The molecule has 0 aliphatic rings. The van der Waals surface area contributed by atoms with E-state index in [4.69, 9.17) is 16.1 Å². The van der Waals surface area contributed by atoms with E-state index in [0.717, 1.165) is 17.7 Å². The van der Waals surface area contributed by atoms with Gasteiger partial charge in [-0.15, -0.1) is 0 Å². The highest BCUT2D eigenvalue weighted by atomic mass is 35.5. The molecular formula is C17H10ClF3N2O2. The number of nitrogens with zero attached hydrogens (tertiary/aromatic N) is 1. The zero-order valence-electron chi connectivity index (χ0n) is 12.5. The maximum atomic E-state index is 13.5. The smallest absolute Gasteiger partial charge is 0.230 e. The Hall–Kier alpha value is -2.80. The summed E-state index contributed by atoms with van der Waals surface area (Å²) in [5.74, 6) is -4.67. The zero-order valence-corrected chi connectivity index (χ0v) is 13.3. The van der Waals surface area contributed by atoms with Crippen molar-refractivity contribution in [3.63, 3.8) is 0 Å². The van der Waals surface area contributed by atoms with Crippen LogP contribution in [0.4, 0.5) is 18.9 Å². The minimum atomic E-state index is -1.65. The van der Waals surface area contributed by atoms with E-state index in [2.05, 4.69) is 10.5 Å². The second-order valence-corrected chi connectivity index (χ2v) is 5.57. The van der Waals surface area contributed by atoms with Gasteiger partial charge in [0.2, 0.25) is 5.91 Å². The molecule has 128 valence electrons. The SMILES string of the molecule is O=C(Cc1cc(-c2ccc(Cl)cc2)on1)Nc1ccc(F)c(F)c1F. The van der Waals surface area contributed by atoms with Gasteiger partial charge in [-0.05, 0) is 36.4 Å². The molecule has 1 heterocycles. The number of nitrogens with one attached hydrogen (secondary N) is 1. The Morgan fingerprint density at radius 1 is 1.08 bits per heavy atom. The van der Waals surface area contributed by atoms with E-state index in [1.165, 1.54) is 0 Å². The molecule has 0 saturated carbocycles. The van der Waals surface area contributed by atoms with Crippen molar-refractivity contribution >= 4 is 23.2 Å². The summed E-state index contributed by atoms with van der Waals surface area (Å²) in [5.41, 5.74) is 0.561. The lowest BCUT2D eigenvalue weighted by Gasteiger charge is -2.06. The van der Waals surface area contributed by atoms with Gasteiger partial charge in [0.1, 0.15) is 0 Å². The molecule has 3 aromatic rings. The molecule has 0 radical (unpaired) electrons. The van der Waals surface area contributed by atoms with E-state index in [0.29, 0.717) is 16.5 Å². The van der Waals surface area contributed by atoms with Gasteiger partial charge in [-0.2, -0.15) is 0 Å². The summed E-state index contributed by atoms with van der Waals surface area (Å²) in [6.45, 7) is 0. The number of hydrogen-bond donors (Lipinski definition) is 1. The molecular weight excluding hydrogens is 357 g/mol. The fourth-order valence-corrected chi connectivity index (χ4v) is 2.25. The molecule has 0 aliphatic carbocycles. The van der Waals surface area contributed by atoms with E-state index in [9.17, 15) is 18.0 Å². The van der Waals surface area contributed by atoms with Gasteiger partial charge >= 0.3 is 0 Å². The molecule has 0 aliphatic heterocycles. The molecule has 1 N–H and O–H groups in total. The van der Waals surface area contributed by atoms with Gasteiger partial charge in [0.05, 0.1) is 17.8 Å². The summed E-state index contributed by atoms with van der Waals surface area (Å²) in [7, 11) is 0. The van der Waals surface area contributed by atoms with Gasteiger partial charge in [-0.3, -0.25) is 4.79 Å². The molecule has 0 atom stereocenters. The first-order valence-electron chi connectivity index (χ1n) is 7.09. The fraction of sp³-hybridized carbons (Fsp3) is 0.0588. The molecule has 1 amide bonds. The van der Waals surface area contributed by atoms with Gasteiger partial charge < -0.3 is 9.84 Å². The quantitative estimate of drug-likeness (QED) is 0.687. The van der Waals surface area contributed by atoms with Crippen LogP contribution in [-0.4, -0.2) is 11.1 Å². The Morgan fingerprint density at radius 3 is 2.52 bits per heavy atom. The minimum Gasteiger partial charge on any atom is -0.356 e. The van der Waals surface area contributed by atoms with Crippen LogP contribution in [-0.2, 0) is 11.2 Å². The average molecular weight is 367 g/mol. The summed E-state index contributed by atoms with van der Waals surface area (Å²) in [6.07, 6.45) is -0.227.